The Morgan fingerprint density at radius 2 is 1.78 bits per heavy atom. The number of carbonyl (C=O) groups is 2. The summed E-state index contributed by atoms with van der Waals surface area (Å²) >= 11 is 1.31. The van der Waals surface area contributed by atoms with Gasteiger partial charge in [0.15, 0.2) is 0 Å². The molecule has 0 atom stereocenters. The van der Waals surface area contributed by atoms with Gasteiger partial charge in [-0.15, -0.1) is 11.3 Å². The summed E-state index contributed by atoms with van der Waals surface area (Å²) in [6.07, 6.45) is 0.338. The molecule has 2 aromatic rings. The SMILES string of the molecule is Cc1nc(-c2ccccc2)sc1C(=O)NNC(=O)CC(C)(C)C. The predicted molar refractivity (Wildman–Crippen MR) is 92.0 cm³/mol. The van der Waals surface area contributed by atoms with Crippen molar-refractivity contribution in [3.63, 3.8) is 0 Å². The number of carbonyl (C=O) groups excluding carboxylic acids is 2. The zero-order valence-corrected chi connectivity index (χ0v) is 14.6. The molecular weight excluding hydrogens is 310 g/mol. The molecule has 2 rings (SSSR count). The molecule has 0 fully saturated rings. The fourth-order valence-corrected chi connectivity index (χ4v) is 2.99. The van der Waals surface area contributed by atoms with Crippen LogP contribution in [0.2, 0.25) is 0 Å². The van der Waals surface area contributed by atoms with Crippen molar-refractivity contribution in [2.24, 2.45) is 5.41 Å². The van der Waals surface area contributed by atoms with Crippen molar-refractivity contribution in [3.05, 3.63) is 40.9 Å². The quantitative estimate of drug-likeness (QED) is 0.848. The van der Waals surface area contributed by atoms with Crippen molar-refractivity contribution >= 4 is 23.2 Å². The molecule has 2 N–H and O–H groups in total. The Bertz CT molecular complexity index is 702. The number of nitrogens with zero attached hydrogens (tertiary/aromatic N) is 1. The Morgan fingerprint density at radius 1 is 1.13 bits per heavy atom. The number of hydrogen-bond acceptors (Lipinski definition) is 4. The van der Waals surface area contributed by atoms with E-state index in [4.69, 9.17) is 0 Å². The van der Waals surface area contributed by atoms with Gasteiger partial charge in [0.2, 0.25) is 5.91 Å². The lowest BCUT2D eigenvalue weighted by Gasteiger charge is -2.17. The van der Waals surface area contributed by atoms with Crippen molar-refractivity contribution in [2.75, 3.05) is 0 Å². The summed E-state index contributed by atoms with van der Waals surface area (Å²) in [5.41, 5.74) is 6.40. The molecule has 122 valence electrons. The van der Waals surface area contributed by atoms with E-state index < -0.39 is 0 Å². The van der Waals surface area contributed by atoms with Crippen LogP contribution in [0.3, 0.4) is 0 Å². The zero-order chi connectivity index (χ0) is 17.0. The van der Waals surface area contributed by atoms with Crippen LogP contribution in [0.25, 0.3) is 10.6 Å². The first-order valence-corrected chi connectivity index (χ1v) is 8.20. The fourth-order valence-electron chi connectivity index (χ4n) is 2.02. The minimum atomic E-state index is -0.343. The second-order valence-electron chi connectivity index (χ2n) is 6.54. The number of hydrogen-bond donors (Lipinski definition) is 2. The molecule has 1 aromatic heterocycles. The Balaban J connectivity index is 2.03. The van der Waals surface area contributed by atoms with Crippen LogP contribution in [0, 0.1) is 12.3 Å². The van der Waals surface area contributed by atoms with E-state index in [1.807, 2.05) is 51.1 Å². The maximum atomic E-state index is 12.2. The first kappa shape index (κ1) is 17.1. The van der Waals surface area contributed by atoms with E-state index in [0.717, 1.165) is 10.6 Å². The van der Waals surface area contributed by atoms with Gasteiger partial charge in [0.1, 0.15) is 9.88 Å². The van der Waals surface area contributed by atoms with E-state index in [0.29, 0.717) is 17.0 Å². The van der Waals surface area contributed by atoms with E-state index in [1.54, 1.807) is 6.92 Å². The monoisotopic (exact) mass is 331 g/mol. The Morgan fingerprint density at radius 3 is 2.39 bits per heavy atom. The molecule has 23 heavy (non-hydrogen) atoms. The summed E-state index contributed by atoms with van der Waals surface area (Å²) < 4.78 is 0. The molecule has 0 spiro atoms. The zero-order valence-electron chi connectivity index (χ0n) is 13.8. The number of benzene rings is 1. The summed E-state index contributed by atoms with van der Waals surface area (Å²) in [6.45, 7) is 7.68. The molecule has 0 aliphatic carbocycles. The number of amides is 2. The van der Waals surface area contributed by atoms with Crippen LogP contribution in [0.5, 0.6) is 0 Å². The molecule has 5 nitrogen and oxygen atoms in total. The molecule has 0 aliphatic heterocycles. The number of aryl methyl sites for hydroxylation is 1. The Hall–Kier alpha value is -2.21. The number of hydrazine groups is 1. The third-order valence-electron chi connectivity index (χ3n) is 3.03. The molecule has 0 unspecified atom stereocenters. The first-order valence-electron chi connectivity index (χ1n) is 7.38. The highest BCUT2D eigenvalue weighted by molar-refractivity contribution is 7.17. The van der Waals surface area contributed by atoms with Crippen molar-refractivity contribution < 1.29 is 9.59 Å². The van der Waals surface area contributed by atoms with Gasteiger partial charge in [0.25, 0.3) is 5.91 Å². The normalized spacial score (nSPS) is 11.1. The topological polar surface area (TPSA) is 71.1 Å². The summed E-state index contributed by atoms with van der Waals surface area (Å²) in [5.74, 6) is -0.555. The summed E-state index contributed by atoms with van der Waals surface area (Å²) in [6, 6.07) is 9.69. The van der Waals surface area contributed by atoms with E-state index >= 15 is 0 Å². The molecule has 0 saturated carbocycles. The van der Waals surface area contributed by atoms with E-state index in [2.05, 4.69) is 15.8 Å². The van der Waals surface area contributed by atoms with Gasteiger partial charge < -0.3 is 0 Å². The van der Waals surface area contributed by atoms with E-state index in [9.17, 15) is 9.59 Å². The molecule has 0 bridgehead atoms. The molecule has 6 heteroatoms. The van der Waals surface area contributed by atoms with Gasteiger partial charge in [0.05, 0.1) is 5.69 Å². The molecule has 1 heterocycles. The molecular formula is C17H21N3O2S. The average molecular weight is 331 g/mol. The fraction of sp³-hybridized carbons (Fsp3) is 0.353. The standard InChI is InChI=1S/C17H21N3O2S/c1-11-14(15(22)20-19-13(21)10-17(2,3)4)23-16(18-11)12-8-6-5-7-9-12/h5-9H,10H2,1-4H3,(H,19,21)(H,20,22). The lowest BCUT2D eigenvalue weighted by molar-refractivity contribution is -0.123. The minimum absolute atomic E-state index is 0.129. The number of nitrogens with one attached hydrogen (secondary N) is 2. The van der Waals surface area contributed by atoms with Crippen molar-refractivity contribution in [3.8, 4) is 10.6 Å². The largest absolute Gasteiger partial charge is 0.281 e. The van der Waals surface area contributed by atoms with Crippen LogP contribution in [0.15, 0.2) is 30.3 Å². The molecule has 0 saturated heterocycles. The van der Waals surface area contributed by atoms with Crippen molar-refractivity contribution in [1.29, 1.82) is 0 Å². The number of rotatable bonds is 3. The second kappa shape index (κ2) is 6.91. The number of thiazole rings is 1. The van der Waals surface area contributed by atoms with Crippen molar-refractivity contribution in [2.45, 2.75) is 34.1 Å². The minimum Gasteiger partial charge on any atom is -0.273 e. The highest BCUT2D eigenvalue weighted by Gasteiger charge is 2.19. The summed E-state index contributed by atoms with van der Waals surface area (Å²) in [4.78, 5) is 28.9. The van der Waals surface area contributed by atoms with Crippen molar-refractivity contribution in [1.82, 2.24) is 15.8 Å². The van der Waals surface area contributed by atoms with Crippen LogP contribution < -0.4 is 10.9 Å². The summed E-state index contributed by atoms with van der Waals surface area (Å²) in [5, 5.41) is 0.786. The third kappa shape index (κ3) is 4.89. The Labute approximate surface area is 140 Å². The molecule has 0 radical (unpaired) electrons. The third-order valence-corrected chi connectivity index (χ3v) is 4.24. The van der Waals surface area contributed by atoms with Crippen LogP contribution in [0.4, 0.5) is 0 Å². The van der Waals surface area contributed by atoms with Gasteiger partial charge in [-0.05, 0) is 12.3 Å². The van der Waals surface area contributed by atoms with Crippen LogP contribution in [-0.4, -0.2) is 16.8 Å². The predicted octanol–water partition coefficient (Wildman–Crippen LogP) is 3.32. The van der Waals surface area contributed by atoms with Crippen LogP contribution >= 0.6 is 11.3 Å². The molecule has 1 aromatic carbocycles. The lowest BCUT2D eigenvalue weighted by Crippen LogP contribution is -2.42. The first-order chi connectivity index (χ1) is 10.8. The van der Waals surface area contributed by atoms with E-state index in [1.165, 1.54) is 11.3 Å². The lowest BCUT2D eigenvalue weighted by atomic mass is 9.92. The van der Waals surface area contributed by atoms with Gasteiger partial charge in [-0.1, -0.05) is 51.1 Å². The van der Waals surface area contributed by atoms with Gasteiger partial charge in [-0.3, -0.25) is 20.4 Å². The maximum absolute atomic E-state index is 12.2. The van der Waals surface area contributed by atoms with Gasteiger partial charge in [0, 0.05) is 12.0 Å². The average Bonchev–Trinajstić information content (AvgIpc) is 2.86. The highest BCUT2D eigenvalue weighted by atomic mass is 32.1. The van der Waals surface area contributed by atoms with E-state index in [-0.39, 0.29) is 17.2 Å². The second-order valence-corrected chi connectivity index (χ2v) is 7.54. The van der Waals surface area contributed by atoms with Crippen LogP contribution in [0.1, 0.15) is 42.6 Å². The van der Waals surface area contributed by atoms with Gasteiger partial charge >= 0.3 is 0 Å². The van der Waals surface area contributed by atoms with Gasteiger partial charge in [-0.25, -0.2) is 4.98 Å². The highest BCUT2D eigenvalue weighted by Crippen LogP contribution is 2.27. The number of aromatic nitrogens is 1. The molecule has 2 amide bonds. The van der Waals surface area contributed by atoms with Crippen LogP contribution in [-0.2, 0) is 4.79 Å². The molecule has 0 aliphatic rings. The smallest absolute Gasteiger partial charge is 0.273 e. The summed E-state index contributed by atoms with van der Waals surface area (Å²) in [7, 11) is 0. The Kier molecular flexibility index (Phi) is 5.15. The maximum Gasteiger partial charge on any atom is 0.281 e. The van der Waals surface area contributed by atoms with Gasteiger partial charge in [-0.2, -0.15) is 0 Å².